The molecular formula is C29H31N5O3. The molecule has 3 aromatic rings. The highest BCUT2D eigenvalue weighted by Crippen LogP contribution is 2.30. The molecule has 1 fully saturated rings. The molecule has 1 aromatic heterocycles. The number of carbonyl (C=O) groups is 1. The van der Waals surface area contributed by atoms with Gasteiger partial charge in [0, 0.05) is 30.1 Å². The van der Waals surface area contributed by atoms with Crippen molar-refractivity contribution in [3.05, 3.63) is 72.6 Å². The van der Waals surface area contributed by atoms with Gasteiger partial charge in [-0.1, -0.05) is 38.0 Å². The lowest BCUT2D eigenvalue weighted by atomic mass is 9.89. The van der Waals surface area contributed by atoms with Gasteiger partial charge in [0.2, 0.25) is 5.95 Å². The number of benzene rings is 2. The summed E-state index contributed by atoms with van der Waals surface area (Å²) >= 11 is 0. The van der Waals surface area contributed by atoms with Crippen LogP contribution in [0.5, 0.6) is 11.5 Å². The Labute approximate surface area is 217 Å². The van der Waals surface area contributed by atoms with E-state index in [0.29, 0.717) is 53.3 Å². The van der Waals surface area contributed by atoms with Gasteiger partial charge in [0.25, 0.3) is 5.91 Å². The Kier molecular flexibility index (Phi) is 8.71. The van der Waals surface area contributed by atoms with Gasteiger partial charge in [-0.2, -0.15) is 5.26 Å². The van der Waals surface area contributed by atoms with Gasteiger partial charge in [0.1, 0.15) is 24.2 Å². The average Bonchev–Trinajstić information content (AvgIpc) is 2.95. The number of nitrogens with zero attached hydrogens (tertiary/aromatic N) is 3. The van der Waals surface area contributed by atoms with Crippen molar-refractivity contribution >= 4 is 17.5 Å². The first kappa shape index (κ1) is 25.7. The lowest BCUT2D eigenvalue weighted by Gasteiger charge is -2.21. The van der Waals surface area contributed by atoms with E-state index in [4.69, 9.17) is 9.47 Å². The number of aromatic nitrogens is 2. The van der Waals surface area contributed by atoms with Crippen molar-refractivity contribution in [2.45, 2.75) is 32.1 Å². The van der Waals surface area contributed by atoms with Crippen LogP contribution in [0.4, 0.5) is 11.6 Å². The molecular weight excluding hydrogens is 466 g/mol. The Bertz CT molecular complexity index is 1280. The van der Waals surface area contributed by atoms with Gasteiger partial charge in [0.15, 0.2) is 0 Å². The van der Waals surface area contributed by atoms with Crippen LogP contribution in [0.1, 0.15) is 48.0 Å². The van der Waals surface area contributed by atoms with Crippen molar-refractivity contribution in [1.82, 2.24) is 15.3 Å². The number of carbonyl (C=O) groups excluding carboxylic acids is 1. The van der Waals surface area contributed by atoms with Crippen molar-refractivity contribution in [1.29, 1.82) is 5.26 Å². The first-order chi connectivity index (χ1) is 18.1. The molecule has 0 aliphatic heterocycles. The molecule has 1 saturated carbocycles. The highest BCUT2D eigenvalue weighted by molar-refractivity contribution is 5.95. The number of hydrogen-bond donors (Lipinski definition) is 2. The van der Waals surface area contributed by atoms with Gasteiger partial charge in [-0.15, -0.1) is 0 Å². The smallest absolute Gasteiger partial charge is 0.251 e. The molecule has 2 N–H and O–H groups in total. The molecule has 8 heteroatoms. The number of methoxy groups -OCH3 is 1. The van der Waals surface area contributed by atoms with Crippen molar-refractivity contribution in [2.75, 3.05) is 25.6 Å². The Hall–Kier alpha value is -4.38. The summed E-state index contributed by atoms with van der Waals surface area (Å²) in [5.41, 5.74) is 3.24. The Balaban J connectivity index is 1.43. The van der Waals surface area contributed by atoms with Crippen LogP contribution in [0, 0.1) is 17.2 Å². The van der Waals surface area contributed by atoms with E-state index >= 15 is 0 Å². The van der Waals surface area contributed by atoms with Crippen LogP contribution in [-0.2, 0) is 0 Å². The fourth-order valence-electron chi connectivity index (χ4n) is 4.39. The van der Waals surface area contributed by atoms with Gasteiger partial charge in [-0.05, 0) is 54.7 Å². The number of nitriles is 1. The molecule has 0 atom stereocenters. The maximum absolute atomic E-state index is 12.7. The van der Waals surface area contributed by atoms with Crippen molar-refractivity contribution in [3.63, 3.8) is 0 Å². The van der Waals surface area contributed by atoms with Crippen LogP contribution in [0.15, 0.2) is 61.4 Å². The first-order valence-corrected chi connectivity index (χ1v) is 12.4. The molecule has 37 heavy (non-hydrogen) atoms. The monoisotopic (exact) mass is 497 g/mol. The van der Waals surface area contributed by atoms with Crippen molar-refractivity contribution < 1.29 is 14.3 Å². The van der Waals surface area contributed by atoms with Crippen LogP contribution in [0.2, 0.25) is 0 Å². The number of anilines is 2. The van der Waals surface area contributed by atoms with Gasteiger partial charge in [0.05, 0.1) is 18.4 Å². The quantitative estimate of drug-likeness (QED) is 0.349. The third-order valence-corrected chi connectivity index (χ3v) is 6.43. The van der Waals surface area contributed by atoms with E-state index in [2.05, 4.69) is 33.2 Å². The highest BCUT2D eigenvalue weighted by Gasteiger charge is 2.16. The van der Waals surface area contributed by atoms with Crippen LogP contribution < -0.4 is 20.1 Å². The maximum Gasteiger partial charge on any atom is 0.251 e. The Morgan fingerprint density at radius 1 is 1.11 bits per heavy atom. The second-order valence-corrected chi connectivity index (χ2v) is 8.97. The molecule has 0 saturated heterocycles. The minimum atomic E-state index is -0.102. The summed E-state index contributed by atoms with van der Waals surface area (Å²) in [6, 6.07) is 12.7. The van der Waals surface area contributed by atoms with E-state index in [1.165, 1.54) is 32.1 Å². The zero-order chi connectivity index (χ0) is 26.0. The standard InChI is InChI=1S/C29H31N5O3/c1-3-13-37-26-14-21(9-10-23(26)16-30)24-18-32-29(33-19-24)34-25-12-11-22(15-27(25)36-2)28(35)31-17-20-7-5-4-6-8-20/h3,9-12,14-15,18-20H,1,4-8,13,17H2,2H3,(H,31,35)(H,32,33,34). The molecule has 1 aliphatic carbocycles. The molecule has 0 unspecified atom stereocenters. The van der Waals surface area contributed by atoms with Crippen LogP contribution >= 0.6 is 0 Å². The van der Waals surface area contributed by atoms with Crippen LogP contribution in [0.25, 0.3) is 11.1 Å². The summed E-state index contributed by atoms with van der Waals surface area (Å²) in [5.74, 6) is 1.85. The summed E-state index contributed by atoms with van der Waals surface area (Å²) < 4.78 is 11.1. The normalized spacial score (nSPS) is 13.3. The van der Waals surface area contributed by atoms with Gasteiger partial charge < -0.3 is 20.1 Å². The predicted octanol–water partition coefficient (Wildman–Crippen LogP) is 5.64. The summed E-state index contributed by atoms with van der Waals surface area (Å²) in [4.78, 5) is 21.5. The molecule has 2 aromatic carbocycles. The van der Waals surface area contributed by atoms with Crippen molar-refractivity contribution in [3.8, 4) is 28.7 Å². The number of ether oxygens (including phenoxy) is 2. The van der Waals surface area contributed by atoms with E-state index in [1.54, 1.807) is 55.9 Å². The lowest BCUT2D eigenvalue weighted by Crippen LogP contribution is -2.30. The van der Waals surface area contributed by atoms with E-state index < -0.39 is 0 Å². The van der Waals surface area contributed by atoms with Gasteiger partial charge >= 0.3 is 0 Å². The average molecular weight is 498 g/mol. The fourth-order valence-corrected chi connectivity index (χ4v) is 4.39. The van der Waals surface area contributed by atoms with Gasteiger partial charge in [-0.25, -0.2) is 9.97 Å². The summed E-state index contributed by atoms with van der Waals surface area (Å²) in [7, 11) is 1.56. The first-order valence-electron chi connectivity index (χ1n) is 12.4. The summed E-state index contributed by atoms with van der Waals surface area (Å²) in [6.07, 6.45) is 11.2. The minimum Gasteiger partial charge on any atom is -0.495 e. The molecule has 1 amide bonds. The fraction of sp³-hybridized carbons (Fsp3) is 0.310. The SMILES string of the molecule is C=CCOc1cc(-c2cnc(Nc3ccc(C(=O)NCC4CCCCC4)cc3OC)nc2)ccc1C#N. The Morgan fingerprint density at radius 2 is 1.89 bits per heavy atom. The number of rotatable bonds is 10. The van der Waals surface area contributed by atoms with E-state index in [0.717, 1.165) is 11.1 Å². The predicted molar refractivity (Wildman–Crippen MR) is 143 cm³/mol. The second-order valence-electron chi connectivity index (χ2n) is 8.97. The number of nitrogens with one attached hydrogen (secondary N) is 2. The minimum absolute atomic E-state index is 0.102. The lowest BCUT2D eigenvalue weighted by molar-refractivity contribution is 0.0943. The number of hydrogen-bond acceptors (Lipinski definition) is 7. The largest absolute Gasteiger partial charge is 0.495 e. The zero-order valence-corrected chi connectivity index (χ0v) is 21.0. The third-order valence-electron chi connectivity index (χ3n) is 6.43. The van der Waals surface area contributed by atoms with Gasteiger partial charge in [-0.3, -0.25) is 4.79 Å². The topological polar surface area (TPSA) is 109 Å². The maximum atomic E-state index is 12.7. The van der Waals surface area contributed by atoms with E-state index in [-0.39, 0.29) is 5.91 Å². The van der Waals surface area contributed by atoms with Crippen molar-refractivity contribution in [2.24, 2.45) is 5.92 Å². The number of amides is 1. The zero-order valence-electron chi connectivity index (χ0n) is 21.0. The van der Waals surface area contributed by atoms with Crippen LogP contribution in [-0.4, -0.2) is 36.1 Å². The molecule has 8 nitrogen and oxygen atoms in total. The third kappa shape index (κ3) is 6.64. The molecule has 1 aliphatic rings. The van der Waals surface area contributed by atoms with E-state index in [9.17, 15) is 10.1 Å². The second kappa shape index (κ2) is 12.5. The molecule has 4 rings (SSSR count). The van der Waals surface area contributed by atoms with E-state index in [1.807, 2.05) is 6.07 Å². The molecule has 1 heterocycles. The summed E-state index contributed by atoms with van der Waals surface area (Å²) in [5, 5.41) is 15.5. The van der Waals surface area contributed by atoms with Crippen LogP contribution in [0.3, 0.4) is 0 Å². The highest BCUT2D eigenvalue weighted by atomic mass is 16.5. The summed E-state index contributed by atoms with van der Waals surface area (Å²) in [6.45, 7) is 4.66. The molecule has 190 valence electrons. The molecule has 0 bridgehead atoms. The molecule has 0 spiro atoms. The molecule has 0 radical (unpaired) electrons. The Morgan fingerprint density at radius 3 is 2.59 bits per heavy atom.